The molecule has 1 atom stereocenters. The number of imidazole rings is 1. The zero-order valence-corrected chi connectivity index (χ0v) is 12.6. The van der Waals surface area contributed by atoms with Crippen LogP contribution in [0.4, 0.5) is 18.0 Å². The van der Waals surface area contributed by atoms with E-state index in [0.717, 1.165) is 23.8 Å². The predicted octanol–water partition coefficient (Wildman–Crippen LogP) is 2.24. The number of esters is 1. The van der Waals surface area contributed by atoms with Crippen LogP contribution in [-0.2, 0) is 22.1 Å². The molecule has 2 aromatic rings. The number of benzene rings is 1. The van der Waals surface area contributed by atoms with Crippen molar-refractivity contribution >= 4 is 12.0 Å². The molecule has 0 bridgehead atoms. The molecule has 0 spiro atoms. The number of ether oxygens (including phenoxy) is 1. The number of hydrogen-bond donors (Lipinski definition) is 1. The molecule has 24 heavy (non-hydrogen) atoms. The molecule has 0 radical (unpaired) electrons. The van der Waals surface area contributed by atoms with E-state index in [1.807, 2.05) is 0 Å². The van der Waals surface area contributed by atoms with Gasteiger partial charge in [-0.1, -0.05) is 18.2 Å². The van der Waals surface area contributed by atoms with Crippen LogP contribution in [0.25, 0.3) is 0 Å². The van der Waals surface area contributed by atoms with Crippen LogP contribution in [0.2, 0.25) is 0 Å². The number of hydrogen-bond acceptors (Lipinski definition) is 4. The van der Waals surface area contributed by atoms with Crippen molar-refractivity contribution < 1.29 is 27.5 Å². The van der Waals surface area contributed by atoms with E-state index in [4.69, 9.17) is 0 Å². The molecule has 1 unspecified atom stereocenters. The van der Waals surface area contributed by atoms with Crippen LogP contribution in [0.5, 0.6) is 0 Å². The van der Waals surface area contributed by atoms with E-state index in [2.05, 4.69) is 15.0 Å². The second kappa shape index (κ2) is 7.16. The van der Waals surface area contributed by atoms with Gasteiger partial charge in [-0.25, -0.2) is 14.6 Å². The van der Waals surface area contributed by atoms with Crippen LogP contribution < -0.4 is 5.32 Å². The number of rotatable bonds is 4. The van der Waals surface area contributed by atoms with Gasteiger partial charge in [0.25, 0.3) is 0 Å². The maximum Gasteiger partial charge on any atom is 0.416 e. The molecule has 1 N–H and O–H groups in total. The Balaban J connectivity index is 2.17. The van der Waals surface area contributed by atoms with Crippen LogP contribution in [0.15, 0.2) is 43.0 Å². The molecule has 2 rings (SSSR count). The normalized spacial score (nSPS) is 12.5. The van der Waals surface area contributed by atoms with Crippen molar-refractivity contribution in [1.82, 2.24) is 14.9 Å². The Bertz CT molecular complexity index is 714. The highest BCUT2D eigenvalue weighted by molar-refractivity contribution is 5.84. The number of carbonyl (C=O) groups excluding carboxylic acids is 2. The molecule has 0 fully saturated rings. The fourth-order valence-corrected chi connectivity index (χ4v) is 2.05. The van der Waals surface area contributed by atoms with Crippen molar-refractivity contribution in [1.29, 1.82) is 0 Å². The van der Waals surface area contributed by atoms with Gasteiger partial charge < -0.3 is 10.1 Å². The van der Waals surface area contributed by atoms with Crippen LogP contribution in [0.3, 0.4) is 0 Å². The van der Waals surface area contributed by atoms with Crippen molar-refractivity contribution in [2.24, 2.45) is 0 Å². The number of aromatic nitrogens is 2. The fourth-order valence-electron chi connectivity index (χ4n) is 2.05. The molecule has 1 heterocycles. The van der Waals surface area contributed by atoms with E-state index in [1.54, 1.807) is 0 Å². The number of carbonyl (C=O) groups is 2. The summed E-state index contributed by atoms with van der Waals surface area (Å²) in [5, 5.41) is 2.41. The van der Waals surface area contributed by atoms with Gasteiger partial charge in [0, 0.05) is 18.8 Å². The summed E-state index contributed by atoms with van der Waals surface area (Å²) < 4.78 is 44.0. The van der Waals surface area contributed by atoms with E-state index in [0.29, 0.717) is 0 Å². The molecule has 0 saturated heterocycles. The van der Waals surface area contributed by atoms with Crippen molar-refractivity contribution in [2.45, 2.75) is 18.6 Å². The Kier molecular flexibility index (Phi) is 5.22. The van der Waals surface area contributed by atoms with Crippen LogP contribution in [0, 0.1) is 0 Å². The van der Waals surface area contributed by atoms with Gasteiger partial charge in [-0.05, 0) is 11.6 Å². The lowest BCUT2D eigenvalue weighted by Gasteiger charge is -2.17. The molecular formula is C15H14F3N3O3. The highest BCUT2D eigenvalue weighted by Crippen LogP contribution is 2.29. The van der Waals surface area contributed by atoms with Crippen LogP contribution in [0.1, 0.15) is 11.1 Å². The van der Waals surface area contributed by atoms with Gasteiger partial charge in [-0.3, -0.25) is 4.57 Å². The Hall–Kier alpha value is -2.84. The summed E-state index contributed by atoms with van der Waals surface area (Å²) in [6.45, 7) is 0. The maximum absolute atomic E-state index is 12.8. The lowest BCUT2D eigenvalue weighted by Crippen LogP contribution is -2.44. The Morgan fingerprint density at radius 1 is 1.38 bits per heavy atom. The standard InChI is InChI=1S/C15H14F3N3O3/c1-24-13(22)12(20-14(23)21-6-5-19-9-21)8-10-3-2-4-11(7-10)15(16,17)18/h2-7,9,12H,8H2,1H3,(H,20,23). The third-order valence-electron chi connectivity index (χ3n) is 3.22. The SMILES string of the molecule is COC(=O)C(Cc1cccc(C(F)(F)F)c1)NC(=O)n1ccnc1. The van der Waals surface area contributed by atoms with Gasteiger partial charge in [0.1, 0.15) is 12.4 Å². The van der Waals surface area contributed by atoms with Crippen molar-refractivity contribution in [2.75, 3.05) is 7.11 Å². The van der Waals surface area contributed by atoms with Crippen LogP contribution >= 0.6 is 0 Å². The lowest BCUT2D eigenvalue weighted by molar-refractivity contribution is -0.142. The summed E-state index contributed by atoms with van der Waals surface area (Å²) in [6.07, 6.45) is -0.657. The van der Waals surface area contributed by atoms with Gasteiger partial charge >= 0.3 is 18.2 Å². The van der Waals surface area contributed by atoms with Gasteiger partial charge in [-0.2, -0.15) is 13.2 Å². The summed E-state index contributed by atoms with van der Waals surface area (Å²) in [7, 11) is 1.13. The van der Waals surface area contributed by atoms with E-state index in [-0.39, 0.29) is 12.0 Å². The van der Waals surface area contributed by atoms with Gasteiger partial charge in [0.2, 0.25) is 0 Å². The summed E-state index contributed by atoms with van der Waals surface area (Å²) in [5.41, 5.74) is -0.587. The zero-order chi connectivity index (χ0) is 17.7. The van der Waals surface area contributed by atoms with E-state index in [9.17, 15) is 22.8 Å². The molecule has 128 valence electrons. The van der Waals surface area contributed by atoms with E-state index in [1.165, 1.54) is 30.9 Å². The molecule has 0 aliphatic heterocycles. The predicted molar refractivity (Wildman–Crippen MR) is 77.1 cm³/mol. The third-order valence-corrected chi connectivity index (χ3v) is 3.22. The fraction of sp³-hybridized carbons (Fsp3) is 0.267. The molecule has 0 aliphatic rings. The highest BCUT2D eigenvalue weighted by Gasteiger charge is 2.31. The molecule has 9 heteroatoms. The minimum absolute atomic E-state index is 0.142. The van der Waals surface area contributed by atoms with Gasteiger partial charge in [-0.15, -0.1) is 0 Å². The number of methoxy groups -OCH3 is 1. The summed E-state index contributed by atoms with van der Waals surface area (Å²) in [4.78, 5) is 27.5. The van der Waals surface area contributed by atoms with Gasteiger partial charge in [0.05, 0.1) is 12.7 Å². The van der Waals surface area contributed by atoms with E-state index >= 15 is 0 Å². The molecule has 6 nitrogen and oxygen atoms in total. The first-order chi connectivity index (χ1) is 11.3. The monoisotopic (exact) mass is 341 g/mol. The second-order valence-corrected chi connectivity index (χ2v) is 4.90. The smallest absolute Gasteiger partial charge is 0.416 e. The number of alkyl halides is 3. The Labute approximate surface area is 135 Å². The molecule has 1 aromatic carbocycles. The Morgan fingerprint density at radius 2 is 2.12 bits per heavy atom. The molecule has 0 aliphatic carbocycles. The first-order valence-corrected chi connectivity index (χ1v) is 6.84. The van der Waals surface area contributed by atoms with Crippen molar-refractivity contribution in [3.05, 3.63) is 54.1 Å². The minimum Gasteiger partial charge on any atom is -0.467 e. The number of halogens is 3. The topological polar surface area (TPSA) is 73.2 Å². The summed E-state index contributed by atoms with van der Waals surface area (Å²) in [5.74, 6) is -0.763. The highest BCUT2D eigenvalue weighted by atomic mass is 19.4. The average molecular weight is 341 g/mol. The quantitative estimate of drug-likeness (QED) is 0.866. The third kappa shape index (κ3) is 4.34. The molecule has 1 aromatic heterocycles. The average Bonchev–Trinajstić information content (AvgIpc) is 3.07. The number of nitrogens with one attached hydrogen (secondary N) is 1. The van der Waals surface area contributed by atoms with Gasteiger partial charge in [0.15, 0.2) is 0 Å². The zero-order valence-electron chi connectivity index (χ0n) is 12.6. The number of amides is 1. The van der Waals surface area contributed by atoms with Crippen molar-refractivity contribution in [3.8, 4) is 0 Å². The lowest BCUT2D eigenvalue weighted by atomic mass is 10.0. The largest absolute Gasteiger partial charge is 0.467 e. The van der Waals surface area contributed by atoms with E-state index < -0.39 is 29.8 Å². The van der Waals surface area contributed by atoms with Crippen molar-refractivity contribution in [3.63, 3.8) is 0 Å². The van der Waals surface area contributed by atoms with Crippen LogP contribution in [-0.4, -0.2) is 34.7 Å². The molecule has 0 saturated carbocycles. The minimum atomic E-state index is -4.49. The second-order valence-electron chi connectivity index (χ2n) is 4.90. The molecular weight excluding hydrogens is 327 g/mol. The number of nitrogens with zero attached hydrogens (tertiary/aromatic N) is 2. The first kappa shape index (κ1) is 17.5. The summed E-state index contributed by atoms with van der Waals surface area (Å²) >= 11 is 0. The summed E-state index contributed by atoms with van der Waals surface area (Å²) in [6, 6.07) is 2.77. The Morgan fingerprint density at radius 3 is 2.71 bits per heavy atom. The maximum atomic E-state index is 12.8. The first-order valence-electron chi connectivity index (χ1n) is 6.84. The molecule has 1 amide bonds.